The lowest BCUT2D eigenvalue weighted by molar-refractivity contribution is 0.0942. The molecule has 8 nitrogen and oxygen atoms in total. The molecule has 2 aromatic carbocycles. The Hall–Kier alpha value is -3.04. The number of amides is 1. The van der Waals surface area contributed by atoms with Crippen molar-refractivity contribution in [2.24, 2.45) is 0 Å². The van der Waals surface area contributed by atoms with Gasteiger partial charge < -0.3 is 9.47 Å². The Labute approximate surface area is 175 Å². The number of ether oxygens (including phenoxy) is 2. The van der Waals surface area contributed by atoms with Crippen LogP contribution in [-0.2, 0) is 10.0 Å². The van der Waals surface area contributed by atoms with Crippen LogP contribution in [0, 0.1) is 0 Å². The summed E-state index contributed by atoms with van der Waals surface area (Å²) in [5, 5.41) is 0. The van der Waals surface area contributed by atoms with Gasteiger partial charge in [-0.05, 0) is 49.2 Å². The Morgan fingerprint density at radius 2 is 1.67 bits per heavy atom. The number of benzene rings is 2. The number of sulfonamides is 1. The van der Waals surface area contributed by atoms with Crippen LogP contribution >= 0.6 is 0 Å². The van der Waals surface area contributed by atoms with Crippen molar-refractivity contribution in [2.45, 2.75) is 17.7 Å². The predicted octanol–water partition coefficient (Wildman–Crippen LogP) is 2.15. The molecule has 0 aliphatic carbocycles. The van der Waals surface area contributed by atoms with Gasteiger partial charge >= 0.3 is 0 Å². The van der Waals surface area contributed by atoms with Gasteiger partial charge in [0.2, 0.25) is 10.0 Å². The molecule has 2 aromatic rings. The van der Waals surface area contributed by atoms with Crippen LogP contribution < -0.4 is 20.3 Å². The summed E-state index contributed by atoms with van der Waals surface area (Å²) in [4.78, 5) is 12.7. The maximum Gasteiger partial charge on any atom is 0.269 e. The zero-order valence-electron chi connectivity index (χ0n) is 16.4. The maximum absolute atomic E-state index is 12.7. The third-order valence-electron chi connectivity index (χ3n) is 5.02. The lowest BCUT2D eigenvalue weighted by atomic mass is 10.1. The van der Waals surface area contributed by atoms with E-state index in [-0.39, 0.29) is 10.5 Å². The first-order chi connectivity index (χ1) is 14.4. The molecule has 2 N–H and O–H groups in total. The third kappa shape index (κ3) is 4.12. The van der Waals surface area contributed by atoms with E-state index in [1.807, 2.05) is 0 Å². The number of hydrazine groups is 1. The second-order valence-corrected chi connectivity index (χ2v) is 8.99. The van der Waals surface area contributed by atoms with E-state index in [0.29, 0.717) is 43.5 Å². The molecular weight excluding hydrogens is 406 g/mol. The standard InChI is InChI=1S/C21H23N3O5S/c1-15(16-7-8-19-20(14-16)29-12-11-28-19)22-23-21(25)17-5-4-6-18(13-17)30(26,27)24-9-2-3-10-24/h4-8,13-14,22H,1-3,9-12H2,(H,23,25). The SMILES string of the molecule is C=C(NNC(=O)c1cccc(S(=O)(=O)N2CCCC2)c1)c1ccc2c(c1)OCCO2. The number of hydrogen-bond acceptors (Lipinski definition) is 6. The molecule has 4 rings (SSSR count). The molecule has 0 unspecified atom stereocenters. The molecule has 0 spiro atoms. The van der Waals surface area contributed by atoms with Crippen LogP contribution in [0.3, 0.4) is 0 Å². The summed E-state index contributed by atoms with van der Waals surface area (Å²) in [7, 11) is -3.59. The van der Waals surface area contributed by atoms with Crippen molar-refractivity contribution >= 4 is 21.6 Å². The van der Waals surface area contributed by atoms with E-state index in [4.69, 9.17) is 9.47 Å². The minimum absolute atomic E-state index is 0.114. The van der Waals surface area contributed by atoms with Crippen molar-refractivity contribution in [3.8, 4) is 11.5 Å². The van der Waals surface area contributed by atoms with E-state index in [2.05, 4.69) is 17.4 Å². The smallest absolute Gasteiger partial charge is 0.269 e. The minimum Gasteiger partial charge on any atom is -0.486 e. The van der Waals surface area contributed by atoms with Crippen LogP contribution in [0.5, 0.6) is 11.5 Å². The number of fused-ring (bicyclic) bond motifs is 1. The fourth-order valence-corrected chi connectivity index (χ4v) is 4.95. The van der Waals surface area contributed by atoms with Gasteiger partial charge in [-0.1, -0.05) is 12.6 Å². The summed E-state index contributed by atoms with van der Waals surface area (Å²) in [5.74, 6) is 0.817. The summed E-state index contributed by atoms with van der Waals surface area (Å²) >= 11 is 0. The highest BCUT2D eigenvalue weighted by Gasteiger charge is 2.27. The zero-order valence-corrected chi connectivity index (χ0v) is 17.2. The molecule has 0 aromatic heterocycles. The van der Waals surface area contributed by atoms with Crippen molar-refractivity contribution in [2.75, 3.05) is 26.3 Å². The molecule has 2 aliphatic heterocycles. The number of nitrogens with one attached hydrogen (secondary N) is 2. The predicted molar refractivity (Wildman–Crippen MR) is 112 cm³/mol. The lowest BCUT2D eigenvalue weighted by Gasteiger charge is -2.19. The Kier molecular flexibility index (Phi) is 5.65. The number of hydrogen-bond donors (Lipinski definition) is 2. The van der Waals surface area contributed by atoms with Crippen molar-refractivity contribution in [3.05, 3.63) is 60.2 Å². The van der Waals surface area contributed by atoms with E-state index < -0.39 is 15.9 Å². The maximum atomic E-state index is 12.7. The Morgan fingerprint density at radius 1 is 0.933 bits per heavy atom. The van der Waals surface area contributed by atoms with Crippen molar-refractivity contribution < 1.29 is 22.7 Å². The highest BCUT2D eigenvalue weighted by molar-refractivity contribution is 7.89. The molecule has 2 heterocycles. The molecule has 1 fully saturated rings. The van der Waals surface area contributed by atoms with Crippen LogP contribution in [0.25, 0.3) is 5.70 Å². The van der Waals surface area contributed by atoms with E-state index in [1.165, 1.54) is 16.4 Å². The number of carbonyl (C=O) groups excluding carboxylic acids is 1. The van der Waals surface area contributed by atoms with Crippen molar-refractivity contribution in [1.82, 2.24) is 15.2 Å². The van der Waals surface area contributed by atoms with Gasteiger partial charge in [0.15, 0.2) is 11.5 Å². The van der Waals surface area contributed by atoms with Gasteiger partial charge in [-0.3, -0.25) is 15.6 Å². The fraction of sp³-hybridized carbons (Fsp3) is 0.286. The first kappa shape index (κ1) is 20.2. The number of carbonyl (C=O) groups is 1. The van der Waals surface area contributed by atoms with Crippen molar-refractivity contribution in [3.63, 3.8) is 0 Å². The molecule has 1 saturated heterocycles. The van der Waals surface area contributed by atoms with E-state index in [1.54, 1.807) is 30.3 Å². The quantitative estimate of drug-likeness (QED) is 0.683. The molecule has 0 atom stereocenters. The zero-order chi connectivity index (χ0) is 21.1. The van der Waals surface area contributed by atoms with Crippen LogP contribution in [0.4, 0.5) is 0 Å². The number of nitrogens with zero attached hydrogens (tertiary/aromatic N) is 1. The molecular formula is C21H23N3O5S. The second-order valence-electron chi connectivity index (χ2n) is 7.06. The topological polar surface area (TPSA) is 97.0 Å². The number of rotatable bonds is 6. The average molecular weight is 429 g/mol. The molecule has 0 bridgehead atoms. The van der Waals surface area contributed by atoms with Crippen molar-refractivity contribution in [1.29, 1.82) is 0 Å². The summed E-state index contributed by atoms with van der Waals surface area (Å²) < 4.78 is 37.9. The Bertz CT molecular complexity index is 1080. The Morgan fingerprint density at radius 3 is 2.43 bits per heavy atom. The first-order valence-corrected chi connectivity index (χ1v) is 11.1. The Balaban J connectivity index is 1.42. The molecule has 1 amide bonds. The highest BCUT2D eigenvalue weighted by Crippen LogP contribution is 2.32. The molecule has 0 radical (unpaired) electrons. The first-order valence-electron chi connectivity index (χ1n) is 9.71. The molecule has 9 heteroatoms. The van der Waals surface area contributed by atoms with Gasteiger partial charge in [-0.2, -0.15) is 4.31 Å². The van der Waals surface area contributed by atoms with Gasteiger partial charge in [-0.15, -0.1) is 0 Å². The fourth-order valence-electron chi connectivity index (χ4n) is 3.38. The minimum atomic E-state index is -3.59. The van der Waals surface area contributed by atoms with E-state index in [9.17, 15) is 13.2 Å². The molecule has 0 saturated carbocycles. The monoisotopic (exact) mass is 429 g/mol. The normalized spacial score (nSPS) is 16.1. The van der Waals surface area contributed by atoms with Crippen LogP contribution in [0.15, 0.2) is 53.9 Å². The van der Waals surface area contributed by atoms with E-state index in [0.717, 1.165) is 18.4 Å². The summed E-state index contributed by atoms with van der Waals surface area (Å²) in [5.41, 5.74) is 6.74. The second kappa shape index (κ2) is 8.37. The van der Waals surface area contributed by atoms with Crippen LogP contribution in [-0.4, -0.2) is 44.9 Å². The van der Waals surface area contributed by atoms with Gasteiger partial charge in [-0.25, -0.2) is 8.42 Å². The third-order valence-corrected chi connectivity index (χ3v) is 6.91. The lowest BCUT2D eigenvalue weighted by Crippen LogP contribution is -2.36. The summed E-state index contributed by atoms with van der Waals surface area (Å²) in [6.07, 6.45) is 1.70. The molecule has 158 valence electrons. The van der Waals surface area contributed by atoms with E-state index >= 15 is 0 Å². The van der Waals surface area contributed by atoms with Crippen LogP contribution in [0.2, 0.25) is 0 Å². The van der Waals surface area contributed by atoms with Gasteiger partial charge in [0.05, 0.1) is 10.6 Å². The summed E-state index contributed by atoms with van der Waals surface area (Å²) in [6, 6.07) is 11.4. The van der Waals surface area contributed by atoms with Gasteiger partial charge in [0.25, 0.3) is 5.91 Å². The van der Waals surface area contributed by atoms with Gasteiger partial charge in [0.1, 0.15) is 13.2 Å². The average Bonchev–Trinajstić information content (AvgIpc) is 3.33. The summed E-state index contributed by atoms with van der Waals surface area (Å²) in [6.45, 7) is 5.93. The van der Waals surface area contributed by atoms with Gasteiger partial charge in [0, 0.05) is 24.2 Å². The highest BCUT2D eigenvalue weighted by atomic mass is 32.2. The molecule has 30 heavy (non-hydrogen) atoms. The molecule has 2 aliphatic rings. The largest absolute Gasteiger partial charge is 0.486 e. The van der Waals surface area contributed by atoms with Crippen LogP contribution in [0.1, 0.15) is 28.8 Å².